The van der Waals surface area contributed by atoms with E-state index in [0.29, 0.717) is 5.03 Å². The second-order valence-corrected chi connectivity index (χ2v) is 2.47. The molecule has 3 heteroatoms. The van der Waals surface area contributed by atoms with Crippen LogP contribution in [0.2, 0.25) is 0 Å². The molecular weight excluding hydrogens is 138 g/mol. The number of hydrogen-bond donors (Lipinski definition) is 1. The molecule has 0 unspecified atom stereocenters. The molecular formula is C6H8ClNO. The van der Waals surface area contributed by atoms with Gasteiger partial charge in [0.05, 0.1) is 0 Å². The minimum Gasteiger partial charge on any atom is -0.353 e. The summed E-state index contributed by atoms with van der Waals surface area (Å²) in [6.07, 6.45) is 3.20. The number of amides is 1. The highest BCUT2D eigenvalue weighted by Crippen LogP contribution is 2.10. The molecule has 0 saturated carbocycles. The van der Waals surface area contributed by atoms with Crippen LogP contribution in [0.3, 0.4) is 0 Å². The standard InChI is InChI=1S/C6H8ClNO/c7-5-2-1-3-8-6(9)4-5/h4H,1-3H2,(H,8,9). The number of allylic oxidation sites excluding steroid dienone is 1. The maximum atomic E-state index is 10.6. The molecule has 0 aromatic heterocycles. The Bertz CT molecular complexity index is 153. The Hall–Kier alpha value is -0.500. The molecule has 1 aliphatic rings. The number of hydrogen-bond acceptors (Lipinski definition) is 1. The van der Waals surface area contributed by atoms with Crippen LogP contribution in [0.15, 0.2) is 11.1 Å². The van der Waals surface area contributed by atoms with E-state index in [-0.39, 0.29) is 5.91 Å². The van der Waals surface area contributed by atoms with E-state index >= 15 is 0 Å². The molecule has 1 rings (SSSR count). The largest absolute Gasteiger partial charge is 0.353 e. The number of carbonyl (C=O) groups is 1. The molecule has 1 aliphatic heterocycles. The predicted molar refractivity (Wildman–Crippen MR) is 36.2 cm³/mol. The van der Waals surface area contributed by atoms with Crippen LogP contribution < -0.4 is 5.32 Å². The molecule has 0 aliphatic carbocycles. The quantitative estimate of drug-likeness (QED) is 0.542. The molecule has 50 valence electrons. The molecule has 9 heavy (non-hydrogen) atoms. The van der Waals surface area contributed by atoms with Gasteiger partial charge in [-0.1, -0.05) is 11.6 Å². The summed E-state index contributed by atoms with van der Waals surface area (Å²) in [5.41, 5.74) is 0. The summed E-state index contributed by atoms with van der Waals surface area (Å²) in [5, 5.41) is 3.33. The summed E-state index contributed by atoms with van der Waals surface area (Å²) >= 11 is 5.62. The molecule has 0 fully saturated rings. The van der Waals surface area contributed by atoms with Gasteiger partial charge in [0.1, 0.15) is 0 Å². The predicted octanol–water partition coefficient (Wildman–Crippen LogP) is 1.02. The Morgan fingerprint density at radius 3 is 3.22 bits per heavy atom. The lowest BCUT2D eigenvalue weighted by atomic mass is 10.3. The Labute approximate surface area is 58.9 Å². The Kier molecular flexibility index (Phi) is 2.11. The van der Waals surface area contributed by atoms with E-state index in [4.69, 9.17) is 11.6 Å². The van der Waals surface area contributed by atoms with Crippen molar-refractivity contribution >= 4 is 17.5 Å². The van der Waals surface area contributed by atoms with E-state index in [1.54, 1.807) is 0 Å². The van der Waals surface area contributed by atoms with Crippen LogP contribution in [-0.4, -0.2) is 12.5 Å². The zero-order valence-electron chi connectivity index (χ0n) is 4.98. The first-order valence-corrected chi connectivity index (χ1v) is 3.31. The summed E-state index contributed by atoms with van der Waals surface area (Å²) in [6, 6.07) is 0. The van der Waals surface area contributed by atoms with Crippen LogP contribution in [0, 0.1) is 0 Å². The fourth-order valence-electron chi connectivity index (χ4n) is 0.734. The van der Waals surface area contributed by atoms with Crippen LogP contribution in [0.5, 0.6) is 0 Å². The molecule has 1 heterocycles. The van der Waals surface area contributed by atoms with E-state index in [1.807, 2.05) is 0 Å². The van der Waals surface area contributed by atoms with Gasteiger partial charge in [0, 0.05) is 17.7 Å². The fourth-order valence-corrected chi connectivity index (χ4v) is 0.967. The fraction of sp³-hybridized carbons (Fsp3) is 0.500. The van der Waals surface area contributed by atoms with Gasteiger partial charge in [0.25, 0.3) is 0 Å². The second kappa shape index (κ2) is 2.87. The lowest BCUT2D eigenvalue weighted by molar-refractivity contribution is -0.116. The summed E-state index contributed by atoms with van der Waals surface area (Å²) in [6.45, 7) is 0.742. The van der Waals surface area contributed by atoms with Crippen molar-refractivity contribution < 1.29 is 4.79 Å². The summed E-state index contributed by atoms with van der Waals surface area (Å²) in [5.74, 6) is -0.0718. The Balaban J connectivity index is 2.59. The third-order valence-electron chi connectivity index (χ3n) is 1.18. The van der Waals surface area contributed by atoms with Crippen LogP contribution in [0.25, 0.3) is 0 Å². The highest BCUT2D eigenvalue weighted by atomic mass is 35.5. The average Bonchev–Trinajstić information content (AvgIpc) is 1.93. The van der Waals surface area contributed by atoms with E-state index in [2.05, 4.69) is 5.32 Å². The molecule has 0 spiro atoms. The van der Waals surface area contributed by atoms with Crippen molar-refractivity contribution in [3.05, 3.63) is 11.1 Å². The molecule has 1 N–H and O–H groups in total. The minimum absolute atomic E-state index is 0.0718. The highest BCUT2D eigenvalue weighted by Gasteiger charge is 2.03. The first-order chi connectivity index (χ1) is 4.29. The number of halogens is 1. The second-order valence-electron chi connectivity index (χ2n) is 1.99. The molecule has 1 amide bonds. The van der Waals surface area contributed by atoms with Gasteiger partial charge >= 0.3 is 0 Å². The average molecular weight is 146 g/mol. The molecule has 0 aromatic carbocycles. The van der Waals surface area contributed by atoms with Crippen LogP contribution in [-0.2, 0) is 4.79 Å². The van der Waals surface area contributed by atoms with Gasteiger partial charge in [-0.05, 0) is 12.8 Å². The van der Waals surface area contributed by atoms with Crippen molar-refractivity contribution in [3.63, 3.8) is 0 Å². The zero-order chi connectivity index (χ0) is 6.69. The maximum absolute atomic E-state index is 10.6. The van der Waals surface area contributed by atoms with E-state index < -0.39 is 0 Å². The van der Waals surface area contributed by atoms with Crippen molar-refractivity contribution in [2.45, 2.75) is 12.8 Å². The molecule has 0 saturated heterocycles. The van der Waals surface area contributed by atoms with Gasteiger partial charge in [0.2, 0.25) is 5.91 Å². The van der Waals surface area contributed by atoms with E-state index in [1.165, 1.54) is 6.08 Å². The molecule has 0 atom stereocenters. The van der Waals surface area contributed by atoms with Crippen LogP contribution in [0.4, 0.5) is 0 Å². The minimum atomic E-state index is -0.0718. The van der Waals surface area contributed by atoms with Gasteiger partial charge in [-0.15, -0.1) is 0 Å². The van der Waals surface area contributed by atoms with Crippen molar-refractivity contribution in [2.75, 3.05) is 6.54 Å². The van der Waals surface area contributed by atoms with Gasteiger partial charge in [0.15, 0.2) is 0 Å². The van der Waals surface area contributed by atoms with Crippen molar-refractivity contribution in [2.24, 2.45) is 0 Å². The number of rotatable bonds is 0. The summed E-state index contributed by atoms with van der Waals surface area (Å²) in [7, 11) is 0. The van der Waals surface area contributed by atoms with Gasteiger partial charge < -0.3 is 5.32 Å². The molecule has 0 aromatic rings. The Morgan fingerprint density at radius 2 is 2.44 bits per heavy atom. The van der Waals surface area contributed by atoms with Crippen molar-refractivity contribution in [1.82, 2.24) is 5.32 Å². The zero-order valence-corrected chi connectivity index (χ0v) is 5.74. The third-order valence-corrected chi connectivity index (χ3v) is 1.48. The van der Waals surface area contributed by atoms with Crippen molar-refractivity contribution in [1.29, 1.82) is 0 Å². The van der Waals surface area contributed by atoms with E-state index in [9.17, 15) is 4.79 Å². The molecule has 0 radical (unpaired) electrons. The topological polar surface area (TPSA) is 29.1 Å². The van der Waals surface area contributed by atoms with Crippen molar-refractivity contribution in [3.8, 4) is 0 Å². The van der Waals surface area contributed by atoms with Crippen LogP contribution >= 0.6 is 11.6 Å². The monoisotopic (exact) mass is 145 g/mol. The van der Waals surface area contributed by atoms with Gasteiger partial charge in [-0.25, -0.2) is 0 Å². The first-order valence-electron chi connectivity index (χ1n) is 2.93. The summed E-state index contributed by atoms with van der Waals surface area (Å²) < 4.78 is 0. The smallest absolute Gasteiger partial charge is 0.245 e. The molecule has 0 bridgehead atoms. The number of carbonyl (C=O) groups excluding carboxylic acids is 1. The first kappa shape index (κ1) is 6.62. The van der Waals surface area contributed by atoms with Gasteiger partial charge in [-0.2, -0.15) is 0 Å². The SMILES string of the molecule is O=C1C=C(Cl)CCCN1. The van der Waals surface area contributed by atoms with E-state index in [0.717, 1.165) is 19.4 Å². The van der Waals surface area contributed by atoms with Crippen LogP contribution in [0.1, 0.15) is 12.8 Å². The molecule has 2 nitrogen and oxygen atoms in total. The maximum Gasteiger partial charge on any atom is 0.245 e. The Morgan fingerprint density at radius 1 is 1.67 bits per heavy atom. The highest BCUT2D eigenvalue weighted by molar-refractivity contribution is 6.31. The lowest BCUT2D eigenvalue weighted by Crippen LogP contribution is -2.20. The normalized spacial score (nSPS) is 20.1. The number of nitrogens with one attached hydrogen (secondary N) is 1. The third kappa shape index (κ3) is 2.06. The summed E-state index contributed by atoms with van der Waals surface area (Å²) in [4.78, 5) is 10.6. The van der Waals surface area contributed by atoms with Gasteiger partial charge in [-0.3, -0.25) is 4.79 Å². The lowest BCUT2D eigenvalue weighted by Gasteiger charge is -1.92.